The number of ether oxygens (including phenoxy) is 1. The Morgan fingerprint density at radius 2 is 1.45 bits per heavy atom. The van der Waals surface area contributed by atoms with Gasteiger partial charge in [0.25, 0.3) is 0 Å². The van der Waals surface area contributed by atoms with E-state index in [4.69, 9.17) is 4.74 Å². The van der Waals surface area contributed by atoms with Crippen molar-refractivity contribution >= 4 is 0 Å². The molecule has 31 heavy (non-hydrogen) atoms. The smallest absolute Gasteiger partial charge is 0.201 e. The average molecular weight is 422 g/mol. The summed E-state index contributed by atoms with van der Waals surface area (Å²) in [7, 11) is 1.29. The topological polar surface area (TPSA) is 9.23 Å². The SMILES string of the molecule is C=CC1CCC(c2ccc(-c3ccc(-c4ccc(OC)c(F)c4F)cc3)cc2F)CC1. The summed E-state index contributed by atoms with van der Waals surface area (Å²) in [5.74, 6) is -1.49. The molecule has 0 atom stereocenters. The van der Waals surface area contributed by atoms with Crippen LogP contribution in [0.5, 0.6) is 5.75 Å². The molecule has 0 saturated heterocycles. The summed E-state index contributed by atoms with van der Waals surface area (Å²) in [5, 5.41) is 0. The second-order valence-electron chi connectivity index (χ2n) is 8.10. The van der Waals surface area contributed by atoms with Crippen LogP contribution in [0.4, 0.5) is 13.2 Å². The fraction of sp³-hybridized carbons (Fsp3) is 0.259. The van der Waals surface area contributed by atoms with Crippen molar-refractivity contribution in [1.82, 2.24) is 0 Å². The van der Waals surface area contributed by atoms with Crippen LogP contribution in [-0.2, 0) is 0 Å². The van der Waals surface area contributed by atoms with Crippen LogP contribution in [0, 0.1) is 23.4 Å². The van der Waals surface area contributed by atoms with Gasteiger partial charge in [-0.1, -0.05) is 42.5 Å². The third-order valence-corrected chi connectivity index (χ3v) is 6.34. The minimum Gasteiger partial charge on any atom is -0.494 e. The number of hydrogen-bond acceptors (Lipinski definition) is 1. The number of rotatable bonds is 5. The molecule has 0 N–H and O–H groups in total. The van der Waals surface area contributed by atoms with E-state index in [2.05, 4.69) is 6.58 Å². The zero-order chi connectivity index (χ0) is 22.0. The van der Waals surface area contributed by atoms with Gasteiger partial charge in [-0.2, -0.15) is 4.39 Å². The minimum atomic E-state index is -1.01. The van der Waals surface area contributed by atoms with Crippen molar-refractivity contribution in [2.75, 3.05) is 7.11 Å². The van der Waals surface area contributed by atoms with Crippen LogP contribution in [-0.4, -0.2) is 7.11 Å². The van der Waals surface area contributed by atoms with Crippen molar-refractivity contribution < 1.29 is 17.9 Å². The molecule has 3 aromatic carbocycles. The predicted octanol–water partition coefficient (Wildman–Crippen LogP) is 7.91. The fourth-order valence-electron chi connectivity index (χ4n) is 4.46. The molecule has 4 heteroatoms. The maximum atomic E-state index is 14.9. The van der Waals surface area contributed by atoms with Gasteiger partial charge in [0.2, 0.25) is 5.82 Å². The molecule has 0 heterocycles. The molecule has 1 aliphatic rings. The quantitative estimate of drug-likeness (QED) is 0.380. The van der Waals surface area contributed by atoms with Crippen LogP contribution in [0.2, 0.25) is 0 Å². The van der Waals surface area contributed by atoms with Crippen LogP contribution in [0.1, 0.15) is 37.2 Å². The van der Waals surface area contributed by atoms with Crippen molar-refractivity contribution in [2.24, 2.45) is 5.92 Å². The Labute approximate surface area is 181 Å². The lowest BCUT2D eigenvalue weighted by atomic mass is 9.78. The van der Waals surface area contributed by atoms with E-state index < -0.39 is 11.6 Å². The van der Waals surface area contributed by atoms with Crippen LogP contribution < -0.4 is 4.74 Å². The van der Waals surface area contributed by atoms with Crippen molar-refractivity contribution in [3.05, 3.63) is 90.3 Å². The molecule has 0 aromatic heterocycles. The Morgan fingerprint density at radius 1 is 0.806 bits per heavy atom. The number of hydrogen-bond donors (Lipinski definition) is 0. The van der Waals surface area contributed by atoms with E-state index in [1.54, 1.807) is 30.3 Å². The first-order chi connectivity index (χ1) is 15.0. The first kappa shape index (κ1) is 21.2. The number of methoxy groups -OCH3 is 1. The van der Waals surface area contributed by atoms with Gasteiger partial charge in [0.1, 0.15) is 5.82 Å². The van der Waals surface area contributed by atoms with E-state index in [9.17, 15) is 13.2 Å². The standard InChI is InChI=1S/C27H25F3O/c1-3-17-4-6-19(7-5-17)22-13-12-21(16-24(22)28)18-8-10-20(11-9-18)23-14-15-25(31-2)27(30)26(23)29/h3,8-17,19H,1,4-7H2,2H3. The molecule has 1 aliphatic carbocycles. The van der Waals surface area contributed by atoms with Gasteiger partial charge in [0.15, 0.2) is 11.6 Å². The molecule has 3 aromatic rings. The largest absolute Gasteiger partial charge is 0.494 e. The van der Waals surface area contributed by atoms with Gasteiger partial charge in [0, 0.05) is 5.56 Å². The van der Waals surface area contributed by atoms with Crippen molar-refractivity contribution in [1.29, 1.82) is 0 Å². The summed E-state index contributed by atoms with van der Waals surface area (Å²) in [6.45, 7) is 3.87. The van der Waals surface area contributed by atoms with Gasteiger partial charge in [-0.3, -0.25) is 0 Å². The highest BCUT2D eigenvalue weighted by atomic mass is 19.2. The molecule has 1 saturated carbocycles. The Hall–Kier alpha value is -3.01. The van der Waals surface area contributed by atoms with Crippen molar-refractivity contribution in [2.45, 2.75) is 31.6 Å². The third kappa shape index (κ3) is 4.25. The summed E-state index contributed by atoms with van der Waals surface area (Å²) >= 11 is 0. The first-order valence-electron chi connectivity index (χ1n) is 10.6. The van der Waals surface area contributed by atoms with Crippen LogP contribution in [0.3, 0.4) is 0 Å². The van der Waals surface area contributed by atoms with E-state index in [0.717, 1.165) is 42.4 Å². The Balaban J connectivity index is 1.55. The molecule has 1 nitrogen and oxygen atoms in total. The summed E-state index contributed by atoms with van der Waals surface area (Å²) in [4.78, 5) is 0. The second-order valence-corrected chi connectivity index (χ2v) is 8.10. The van der Waals surface area contributed by atoms with E-state index in [0.29, 0.717) is 11.5 Å². The molecule has 1 fully saturated rings. The summed E-state index contributed by atoms with van der Waals surface area (Å²) in [6, 6.07) is 15.3. The Kier molecular flexibility index (Phi) is 6.17. The van der Waals surface area contributed by atoms with E-state index in [-0.39, 0.29) is 23.0 Å². The highest BCUT2D eigenvalue weighted by Gasteiger charge is 2.23. The van der Waals surface area contributed by atoms with Crippen LogP contribution >= 0.6 is 0 Å². The van der Waals surface area contributed by atoms with E-state index >= 15 is 0 Å². The molecular formula is C27H25F3O. The lowest BCUT2D eigenvalue weighted by molar-refractivity contribution is 0.369. The summed E-state index contributed by atoms with van der Waals surface area (Å²) in [6.07, 6.45) is 6.07. The molecule has 0 spiro atoms. The Bertz CT molecular complexity index is 1080. The lowest BCUT2D eigenvalue weighted by Crippen LogP contribution is -2.12. The molecule has 0 aliphatic heterocycles. The van der Waals surface area contributed by atoms with Gasteiger partial charge in [-0.05, 0) is 78.0 Å². The van der Waals surface area contributed by atoms with Crippen molar-refractivity contribution in [3.8, 4) is 28.0 Å². The monoisotopic (exact) mass is 422 g/mol. The Morgan fingerprint density at radius 3 is 2.06 bits per heavy atom. The molecule has 4 rings (SSSR count). The average Bonchev–Trinajstić information content (AvgIpc) is 2.81. The molecule has 160 valence electrons. The van der Waals surface area contributed by atoms with Gasteiger partial charge in [-0.15, -0.1) is 6.58 Å². The van der Waals surface area contributed by atoms with Crippen LogP contribution in [0.15, 0.2) is 67.3 Å². The highest BCUT2D eigenvalue weighted by molar-refractivity contribution is 5.71. The lowest BCUT2D eigenvalue weighted by Gasteiger charge is -2.27. The second kappa shape index (κ2) is 9.01. The molecule has 0 bridgehead atoms. The maximum Gasteiger partial charge on any atom is 0.201 e. The first-order valence-corrected chi connectivity index (χ1v) is 10.6. The normalized spacial score (nSPS) is 18.6. The van der Waals surface area contributed by atoms with Crippen LogP contribution in [0.25, 0.3) is 22.3 Å². The number of halogens is 3. The van der Waals surface area contributed by atoms with E-state index in [1.807, 2.05) is 18.2 Å². The molecule has 0 unspecified atom stereocenters. The van der Waals surface area contributed by atoms with Gasteiger partial charge in [-0.25, -0.2) is 8.78 Å². The van der Waals surface area contributed by atoms with Gasteiger partial charge < -0.3 is 4.74 Å². The number of allylic oxidation sites excluding steroid dienone is 1. The third-order valence-electron chi connectivity index (χ3n) is 6.34. The number of benzene rings is 3. The minimum absolute atomic E-state index is 0.133. The summed E-state index contributed by atoms with van der Waals surface area (Å²) < 4.78 is 48.1. The van der Waals surface area contributed by atoms with E-state index in [1.165, 1.54) is 19.2 Å². The molecular weight excluding hydrogens is 397 g/mol. The van der Waals surface area contributed by atoms with Gasteiger partial charge >= 0.3 is 0 Å². The molecule has 0 amide bonds. The highest BCUT2D eigenvalue weighted by Crippen LogP contribution is 2.38. The summed E-state index contributed by atoms with van der Waals surface area (Å²) in [5.41, 5.74) is 3.05. The zero-order valence-electron chi connectivity index (χ0n) is 17.5. The molecule has 0 radical (unpaired) electrons. The zero-order valence-corrected chi connectivity index (χ0v) is 17.5. The predicted molar refractivity (Wildman–Crippen MR) is 119 cm³/mol. The fourth-order valence-corrected chi connectivity index (χ4v) is 4.46. The van der Waals surface area contributed by atoms with Gasteiger partial charge in [0.05, 0.1) is 7.11 Å². The van der Waals surface area contributed by atoms with Crippen molar-refractivity contribution in [3.63, 3.8) is 0 Å². The maximum absolute atomic E-state index is 14.9.